The van der Waals surface area contributed by atoms with E-state index < -0.39 is 0 Å². The molecule has 1 aromatic carbocycles. The van der Waals surface area contributed by atoms with Gasteiger partial charge in [-0.05, 0) is 19.4 Å². The Balaban J connectivity index is 1.85. The molecule has 0 radical (unpaired) electrons. The first-order valence-electron chi connectivity index (χ1n) is 6.72. The summed E-state index contributed by atoms with van der Waals surface area (Å²) in [6, 6.07) is 10.6. The van der Waals surface area contributed by atoms with E-state index in [-0.39, 0.29) is 5.91 Å². The van der Waals surface area contributed by atoms with Crippen LogP contribution in [0, 0.1) is 0 Å². The first-order valence-corrected chi connectivity index (χ1v) is 6.72. The molecule has 1 heterocycles. The second-order valence-corrected chi connectivity index (χ2v) is 5.17. The Morgan fingerprint density at radius 1 is 1.11 bits per heavy atom. The highest BCUT2D eigenvalue weighted by atomic mass is 16.2. The lowest BCUT2D eigenvalue weighted by Gasteiger charge is -2.37. The number of hydrogen-bond acceptors (Lipinski definition) is 2. The molecule has 3 heteroatoms. The van der Waals surface area contributed by atoms with Gasteiger partial charge in [-0.25, -0.2) is 0 Å². The Hall–Kier alpha value is -1.35. The molecule has 0 unspecified atom stereocenters. The number of hydrogen-bond donors (Lipinski definition) is 0. The van der Waals surface area contributed by atoms with Crippen LogP contribution >= 0.6 is 0 Å². The van der Waals surface area contributed by atoms with Crippen LogP contribution in [0.2, 0.25) is 0 Å². The zero-order valence-corrected chi connectivity index (χ0v) is 11.3. The predicted molar refractivity (Wildman–Crippen MR) is 73.4 cm³/mol. The van der Waals surface area contributed by atoms with E-state index >= 15 is 0 Å². The van der Waals surface area contributed by atoms with Crippen LogP contribution in [0.1, 0.15) is 19.4 Å². The highest BCUT2D eigenvalue weighted by Gasteiger charge is 2.22. The number of rotatable bonds is 3. The summed E-state index contributed by atoms with van der Waals surface area (Å²) >= 11 is 0. The summed E-state index contributed by atoms with van der Waals surface area (Å²) in [5.74, 6) is 0.254. The number of carbonyl (C=O) groups excluding carboxylic acids is 1. The summed E-state index contributed by atoms with van der Waals surface area (Å²) in [6.07, 6.45) is 0.530. The van der Waals surface area contributed by atoms with Gasteiger partial charge in [-0.1, -0.05) is 30.3 Å². The van der Waals surface area contributed by atoms with E-state index in [1.807, 2.05) is 35.2 Å². The molecular formula is C15H22N2O. The molecule has 1 saturated heterocycles. The van der Waals surface area contributed by atoms with Crippen molar-refractivity contribution < 1.29 is 4.79 Å². The van der Waals surface area contributed by atoms with Crippen LogP contribution in [0.4, 0.5) is 0 Å². The van der Waals surface area contributed by atoms with Gasteiger partial charge in [-0.3, -0.25) is 9.69 Å². The molecule has 3 nitrogen and oxygen atoms in total. The number of amides is 1. The van der Waals surface area contributed by atoms with Gasteiger partial charge in [0.15, 0.2) is 0 Å². The van der Waals surface area contributed by atoms with Crippen LogP contribution in [0.3, 0.4) is 0 Å². The Morgan fingerprint density at radius 3 is 2.28 bits per heavy atom. The van der Waals surface area contributed by atoms with Gasteiger partial charge in [0.2, 0.25) is 5.91 Å². The maximum Gasteiger partial charge on any atom is 0.227 e. The molecule has 0 atom stereocenters. The van der Waals surface area contributed by atoms with Gasteiger partial charge in [0.1, 0.15) is 0 Å². The summed E-state index contributed by atoms with van der Waals surface area (Å²) in [6.45, 7) is 8.15. The average Bonchev–Trinajstić information content (AvgIpc) is 2.40. The minimum Gasteiger partial charge on any atom is -0.340 e. The maximum atomic E-state index is 12.2. The molecule has 1 aliphatic heterocycles. The topological polar surface area (TPSA) is 23.6 Å². The van der Waals surface area contributed by atoms with Crippen LogP contribution in [0.5, 0.6) is 0 Å². The highest BCUT2D eigenvalue weighted by molar-refractivity contribution is 5.78. The van der Waals surface area contributed by atoms with E-state index in [1.54, 1.807) is 0 Å². The van der Waals surface area contributed by atoms with Crippen molar-refractivity contribution in [2.24, 2.45) is 0 Å². The molecule has 98 valence electrons. The second-order valence-electron chi connectivity index (χ2n) is 5.17. The number of benzene rings is 1. The van der Waals surface area contributed by atoms with Crippen LogP contribution in [-0.4, -0.2) is 47.9 Å². The first-order chi connectivity index (χ1) is 8.66. The summed E-state index contributed by atoms with van der Waals surface area (Å²) in [5.41, 5.74) is 1.11. The average molecular weight is 246 g/mol. The normalized spacial score (nSPS) is 17.2. The Morgan fingerprint density at radius 2 is 1.72 bits per heavy atom. The largest absolute Gasteiger partial charge is 0.340 e. The van der Waals surface area contributed by atoms with E-state index in [2.05, 4.69) is 18.7 Å². The lowest BCUT2D eigenvalue weighted by atomic mass is 10.1. The van der Waals surface area contributed by atoms with Gasteiger partial charge in [0.05, 0.1) is 6.42 Å². The van der Waals surface area contributed by atoms with Gasteiger partial charge in [0, 0.05) is 32.2 Å². The SMILES string of the molecule is CC(C)N1CCN(C(=O)Cc2ccccc2)CC1. The monoisotopic (exact) mass is 246 g/mol. The van der Waals surface area contributed by atoms with Crippen LogP contribution in [0.25, 0.3) is 0 Å². The second kappa shape index (κ2) is 6.01. The molecule has 1 fully saturated rings. The predicted octanol–water partition coefficient (Wildman–Crippen LogP) is 1.78. The molecule has 0 aromatic heterocycles. The van der Waals surface area contributed by atoms with Gasteiger partial charge >= 0.3 is 0 Å². The lowest BCUT2D eigenvalue weighted by molar-refractivity contribution is -0.132. The summed E-state index contributed by atoms with van der Waals surface area (Å²) in [4.78, 5) is 16.6. The molecule has 0 spiro atoms. The molecule has 0 aliphatic carbocycles. The van der Waals surface area contributed by atoms with Crippen molar-refractivity contribution in [3.8, 4) is 0 Å². The molecule has 1 aliphatic rings. The molecule has 1 amide bonds. The van der Waals surface area contributed by atoms with Crippen LogP contribution < -0.4 is 0 Å². The van der Waals surface area contributed by atoms with Crippen molar-refractivity contribution in [3.05, 3.63) is 35.9 Å². The van der Waals surface area contributed by atoms with E-state index in [4.69, 9.17) is 0 Å². The third kappa shape index (κ3) is 3.33. The number of carbonyl (C=O) groups is 1. The van der Waals surface area contributed by atoms with E-state index in [0.717, 1.165) is 31.7 Å². The van der Waals surface area contributed by atoms with Crippen LogP contribution in [-0.2, 0) is 11.2 Å². The molecular weight excluding hydrogens is 224 g/mol. The van der Waals surface area contributed by atoms with E-state index in [9.17, 15) is 4.79 Å². The van der Waals surface area contributed by atoms with Crippen molar-refractivity contribution in [3.63, 3.8) is 0 Å². The van der Waals surface area contributed by atoms with Gasteiger partial charge in [-0.15, -0.1) is 0 Å². The molecule has 18 heavy (non-hydrogen) atoms. The minimum absolute atomic E-state index is 0.254. The Bertz CT molecular complexity index is 381. The number of nitrogens with zero attached hydrogens (tertiary/aromatic N) is 2. The fourth-order valence-electron chi connectivity index (χ4n) is 2.37. The smallest absolute Gasteiger partial charge is 0.227 e. The number of piperazine rings is 1. The standard InChI is InChI=1S/C15H22N2O/c1-13(2)16-8-10-17(11-9-16)15(18)12-14-6-4-3-5-7-14/h3-7,13H,8-12H2,1-2H3. The molecule has 0 bridgehead atoms. The fourth-order valence-corrected chi connectivity index (χ4v) is 2.37. The third-order valence-electron chi connectivity index (χ3n) is 3.60. The van der Waals surface area contributed by atoms with Crippen molar-refractivity contribution >= 4 is 5.91 Å². The van der Waals surface area contributed by atoms with Crippen molar-refractivity contribution in [1.29, 1.82) is 0 Å². The maximum absolute atomic E-state index is 12.2. The van der Waals surface area contributed by atoms with Gasteiger partial charge in [-0.2, -0.15) is 0 Å². The van der Waals surface area contributed by atoms with Gasteiger partial charge in [0.25, 0.3) is 0 Å². The minimum atomic E-state index is 0.254. The quantitative estimate of drug-likeness (QED) is 0.811. The first kappa shape index (κ1) is 13.1. The summed E-state index contributed by atoms with van der Waals surface area (Å²) < 4.78 is 0. The third-order valence-corrected chi connectivity index (χ3v) is 3.60. The summed E-state index contributed by atoms with van der Waals surface area (Å²) in [7, 11) is 0. The Kier molecular flexibility index (Phi) is 4.37. The zero-order chi connectivity index (χ0) is 13.0. The molecule has 0 saturated carbocycles. The van der Waals surface area contributed by atoms with Crippen molar-refractivity contribution in [2.75, 3.05) is 26.2 Å². The Labute approximate surface area is 109 Å². The molecule has 2 rings (SSSR count). The van der Waals surface area contributed by atoms with Crippen molar-refractivity contribution in [2.45, 2.75) is 26.3 Å². The van der Waals surface area contributed by atoms with E-state index in [1.165, 1.54) is 0 Å². The van der Waals surface area contributed by atoms with E-state index in [0.29, 0.717) is 12.5 Å². The molecule has 1 aromatic rings. The van der Waals surface area contributed by atoms with Crippen LogP contribution in [0.15, 0.2) is 30.3 Å². The highest BCUT2D eigenvalue weighted by Crippen LogP contribution is 2.08. The van der Waals surface area contributed by atoms with Crippen molar-refractivity contribution in [1.82, 2.24) is 9.80 Å². The fraction of sp³-hybridized carbons (Fsp3) is 0.533. The zero-order valence-electron chi connectivity index (χ0n) is 11.3. The summed E-state index contributed by atoms with van der Waals surface area (Å²) in [5, 5.41) is 0. The molecule has 0 N–H and O–H groups in total. The van der Waals surface area contributed by atoms with Gasteiger partial charge < -0.3 is 4.90 Å². The lowest BCUT2D eigenvalue weighted by Crippen LogP contribution is -2.51.